The van der Waals surface area contributed by atoms with Gasteiger partial charge in [0, 0.05) is 18.7 Å². The highest BCUT2D eigenvalue weighted by Gasteiger charge is 2.23. The van der Waals surface area contributed by atoms with Gasteiger partial charge in [0.05, 0.1) is 9.85 Å². The van der Waals surface area contributed by atoms with E-state index in [4.69, 9.17) is 11.6 Å². The standard InChI is InChI=1S/C12H12BrClFNO/c13-10-4-3-8(6-11(10)15)12(17)16-5-1-2-9(14)7-16/h3-4,6,9H,1-2,5,7H2. The van der Waals surface area contributed by atoms with Gasteiger partial charge in [-0.15, -0.1) is 11.6 Å². The lowest BCUT2D eigenvalue weighted by molar-refractivity contribution is 0.0726. The number of nitrogens with zero attached hydrogens (tertiary/aromatic N) is 1. The fraction of sp³-hybridized carbons (Fsp3) is 0.417. The largest absolute Gasteiger partial charge is 0.337 e. The smallest absolute Gasteiger partial charge is 0.254 e. The first-order valence-electron chi connectivity index (χ1n) is 5.46. The number of hydrogen-bond acceptors (Lipinski definition) is 1. The van der Waals surface area contributed by atoms with Gasteiger partial charge < -0.3 is 4.90 Å². The minimum atomic E-state index is -0.421. The molecule has 1 aliphatic heterocycles. The number of halogens is 3. The maximum absolute atomic E-state index is 13.3. The quantitative estimate of drug-likeness (QED) is 0.726. The molecule has 1 atom stereocenters. The molecule has 2 rings (SSSR count). The Morgan fingerprint density at radius 1 is 1.53 bits per heavy atom. The molecule has 0 spiro atoms. The molecule has 17 heavy (non-hydrogen) atoms. The zero-order chi connectivity index (χ0) is 12.4. The van der Waals surface area contributed by atoms with Gasteiger partial charge in [-0.25, -0.2) is 4.39 Å². The Labute approximate surface area is 113 Å². The van der Waals surface area contributed by atoms with Gasteiger partial charge in [0.15, 0.2) is 0 Å². The van der Waals surface area contributed by atoms with E-state index in [9.17, 15) is 9.18 Å². The predicted molar refractivity (Wildman–Crippen MR) is 68.9 cm³/mol. The van der Waals surface area contributed by atoms with Crippen LogP contribution in [0, 0.1) is 5.82 Å². The number of likely N-dealkylation sites (tertiary alicyclic amines) is 1. The summed E-state index contributed by atoms with van der Waals surface area (Å²) in [5, 5.41) is 0.00740. The summed E-state index contributed by atoms with van der Waals surface area (Å²) in [5.74, 6) is -0.572. The van der Waals surface area contributed by atoms with Gasteiger partial charge in [-0.3, -0.25) is 4.79 Å². The molecule has 0 aromatic heterocycles. The number of carbonyl (C=O) groups excluding carboxylic acids is 1. The summed E-state index contributed by atoms with van der Waals surface area (Å²) in [4.78, 5) is 13.8. The zero-order valence-electron chi connectivity index (χ0n) is 9.13. The van der Waals surface area contributed by atoms with Crippen LogP contribution in [-0.2, 0) is 0 Å². The highest BCUT2D eigenvalue weighted by molar-refractivity contribution is 9.10. The van der Waals surface area contributed by atoms with Gasteiger partial charge in [0.2, 0.25) is 0 Å². The summed E-state index contributed by atoms with van der Waals surface area (Å²) < 4.78 is 13.7. The number of amides is 1. The molecule has 0 radical (unpaired) electrons. The van der Waals surface area contributed by atoms with E-state index < -0.39 is 5.82 Å². The Kier molecular flexibility index (Phi) is 4.05. The molecule has 2 nitrogen and oxygen atoms in total. The highest BCUT2D eigenvalue weighted by atomic mass is 79.9. The van der Waals surface area contributed by atoms with Crippen molar-refractivity contribution < 1.29 is 9.18 Å². The van der Waals surface area contributed by atoms with Crippen LogP contribution in [0.2, 0.25) is 0 Å². The fourth-order valence-corrected chi connectivity index (χ4v) is 2.49. The minimum Gasteiger partial charge on any atom is -0.337 e. The molecule has 0 saturated carbocycles. The van der Waals surface area contributed by atoms with Crippen LogP contribution >= 0.6 is 27.5 Å². The van der Waals surface area contributed by atoms with Crippen molar-refractivity contribution in [1.29, 1.82) is 0 Å². The van der Waals surface area contributed by atoms with Crippen molar-refractivity contribution in [2.45, 2.75) is 18.2 Å². The lowest BCUT2D eigenvalue weighted by Crippen LogP contribution is -2.40. The third kappa shape index (κ3) is 2.99. The first-order valence-corrected chi connectivity index (χ1v) is 6.69. The highest BCUT2D eigenvalue weighted by Crippen LogP contribution is 2.20. The maximum atomic E-state index is 13.3. The number of hydrogen-bond donors (Lipinski definition) is 0. The van der Waals surface area contributed by atoms with Crippen LogP contribution in [-0.4, -0.2) is 29.3 Å². The molecule has 1 saturated heterocycles. The Balaban J connectivity index is 2.15. The molecule has 1 aromatic carbocycles. The summed E-state index contributed by atoms with van der Waals surface area (Å²) in [6.07, 6.45) is 1.83. The average Bonchev–Trinajstić information content (AvgIpc) is 2.32. The Morgan fingerprint density at radius 2 is 2.29 bits per heavy atom. The van der Waals surface area contributed by atoms with E-state index >= 15 is 0 Å². The van der Waals surface area contributed by atoms with E-state index in [0.717, 1.165) is 12.8 Å². The predicted octanol–water partition coefficient (Wildman–Crippen LogP) is 3.43. The molecule has 1 amide bonds. The third-order valence-electron chi connectivity index (χ3n) is 2.82. The van der Waals surface area contributed by atoms with Gasteiger partial charge in [0.25, 0.3) is 5.91 Å². The van der Waals surface area contributed by atoms with Gasteiger partial charge in [-0.05, 0) is 47.0 Å². The number of alkyl halides is 1. The van der Waals surface area contributed by atoms with E-state index in [-0.39, 0.29) is 11.3 Å². The number of carbonyl (C=O) groups is 1. The summed E-state index contributed by atoms with van der Waals surface area (Å²) in [5.41, 5.74) is 0.372. The van der Waals surface area contributed by atoms with Gasteiger partial charge in [-0.1, -0.05) is 0 Å². The van der Waals surface area contributed by atoms with Crippen LogP contribution in [0.5, 0.6) is 0 Å². The lowest BCUT2D eigenvalue weighted by atomic mass is 10.1. The summed E-state index contributed by atoms with van der Waals surface area (Å²) in [6.45, 7) is 1.23. The van der Waals surface area contributed by atoms with Crippen molar-refractivity contribution >= 4 is 33.4 Å². The van der Waals surface area contributed by atoms with Gasteiger partial charge in [-0.2, -0.15) is 0 Å². The van der Waals surface area contributed by atoms with Gasteiger partial charge in [0.1, 0.15) is 5.82 Å². The first kappa shape index (κ1) is 12.8. The average molecular weight is 321 g/mol. The molecule has 0 bridgehead atoms. The van der Waals surface area contributed by atoms with Crippen LogP contribution in [0.3, 0.4) is 0 Å². The second-order valence-corrected chi connectivity index (χ2v) is 5.59. The number of benzene rings is 1. The van der Waals surface area contributed by atoms with E-state index in [1.54, 1.807) is 17.0 Å². The van der Waals surface area contributed by atoms with Crippen LogP contribution < -0.4 is 0 Å². The molecule has 0 N–H and O–H groups in total. The van der Waals surface area contributed by atoms with Crippen molar-refractivity contribution in [2.75, 3.05) is 13.1 Å². The van der Waals surface area contributed by atoms with Crippen molar-refractivity contribution in [3.63, 3.8) is 0 Å². The minimum absolute atomic E-state index is 0.00740. The van der Waals surface area contributed by atoms with Crippen LogP contribution in [0.25, 0.3) is 0 Å². The SMILES string of the molecule is O=C(c1ccc(Br)c(F)c1)N1CCCC(Cl)C1. The van der Waals surface area contributed by atoms with Crippen molar-refractivity contribution in [3.05, 3.63) is 34.1 Å². The molecule has 1 fully saturated rings. The van der Waals surface area contributed by atoms with E-state index in [1.807, 2.05) is 0 Å². The molecular formula is C12H12BrClFNO. The molecule has 5 heteroatoms. The summed E-state index contributed by atoms with van der Waals surface area (Å²) in [6, 6.07) is 4.42. The first-order chi connectivity index (χ1) is 8.08. The van der Waals surface area contributed by atoms with Crippen LogP contribution in [0.4, 0.5) is 4.39 Å². The lowest BCUT2D eigenvalue weighted by Gasteiger charge is -2.29. The fourth-order valence-electron chi connectivity index (χ4n) is 1.92. The van der Waals surface area contributed by atoms with Crippen molar-refractivity contribution in [3.8, 4) is 0 Å². The molecule has 1 aromatic rings. The van der Waals surface area contributed by atoms with E-state index in [1.165, 1.54) is 6.07 Å². The van der Waals surface area contributed by atoms with E-state index in [0.29, 0.717) is 23.1 Å². The van der Waals surface area contributed by atoms with Crippen molar-refractivity contribution in [1.82, 2.24) is 4.90 Å². The molecular weight excluding hydrogens is 308 g/mol. The molecule has 1 aliphatic rings. The molecule has 1 heterocycles. The molecule has 0 aliphatic carbocycles. The van der Waals surface area contributed by atoms with E-state index in [2.05, 4.69) is 15.9 Å². The maximum Gasteiger partial charge on any atom is 0.254 e. The monoisotopic (exact) mass is 319 g/mol. The Morgan fingerprint density at radius 3 is 2.94 bits per heavy atom. The third-order valence-corrected chi connectivity index (χ3v) is 3.82. The Bertz CT molecular complexity index is 441. The second kappa shape index (κ2) is 5.36. The Hall–Kier alpha value is -0.610. The number of rotatable bonds is 1. The molecule has 1 unspecified atom stereocenters. The van der Waals surface area contributed by atoms with Crippen LogP contribution in [0.15, 0.2) is 22.7 Å². The second-order valence-electron chi connectivity index (χ2n) is 4.12. The normalized spacial score (nSPS) is 20.4. The molecule has 92 valence electrons. The number of piperidine rings is 1. The van der Waals surface area contributed by atoms with Gasteiger partial charge >= 0.3 is 0 Å². The topological polar surface area (TPSA) is 20.3 Å². The van der Waals surface area contributed by atoms with Crippen molar-refractivity contribution in [2.24, 2.45) is 0 Å². The summed E-state index contributed by atoms with van der Waals surface area (Å²) in [7, 11) is 0. The van der Waals surface area contributed by atoms with Crippen LogP contribution in [0.1, 0.15) is 23.2 Å². The zero-order valence-corrected chi connectivity index (χ0v) is 11.5. The summed E-state index contributed by atoms with van der Waals surface area (Å²) >= 11 is 9.09.